The zero-order chi connectivity index (χ0) is 23.7. The van der Waals surface area contributed by atoms with Gasteiger partial charge in [-0.1, -0.05) is 66.7 Å². The Hall–Kier alpha value is -4.04. The molecule has 34 heavy (non-hydrogen) atoms. The predicted octanol–water partition coefficient (Wildman–Crippen LogP) is 3.28. The van der Waals surface area contributed by atoms with Crippen molar-refractivity contribution < 1.29 is 22.7 Å². The lowest BCUT2D eigenvalue weighted by Gasteiger charge is -2.44. The van der Waals surface area contributed by atoms with Gasteiger partial charge in [0.2, 0.25) is 0 Å². The fourth-order valence-corrected chi connectivity index (χ4v) is 5.74. The van der Waals surface area contributed by atoms with Gasteiger partial charge in [-0.25, -0.2) is 13.2 Å². The summed E-state index contributed by atoms with van der Waals surface area (Å²) in [4.78, 5) is 31.3. The van der Waals surface area contributed by atoms with Crippen LogP contribution in [0.4, 0.5) is 0 Å². The molecule has 1 saturated heterocycles. The van der Waals surface area contributed by atoms with Crippen LogP contribution in [0.5, 0.6) is 0 Å². The smallest absolute Gasteiger partial charge is 0.355 e. The molecule has 0 N–H and O–H groups in total. The molecule has 0 unspecified atom stereocenters. The molecule has 170 valence electrons. The fourth-order valence-electron chi connectivity index (χ4n) is 4.09. The number of benzene rings is 2. The minimum Gasteiger partial charge on any atom is -0.448 e. The number of amides is 1. The lowest BCUT2D eigenvalue weighted by Crippen LogP contribution is -2.61. The van der Waals surface area contributed by atoms with Crippen LogP contribution in [0.1, 0.15) is 22.9 Å². The van der Waals surface area contributed by atoms with Crippen molar-refractivity contribution in [3.05, 3.63) is 119 Å². The molecule has 8 heteroatoms. The summed E-state index contributed by atoms with van der Waals surface area (Å²) < 4.78 is 31.4. The molecule has 7 nitrogen and oxygen atoms in total. The van der Waals surface area contributed by atoms with Crippen molar-refractivity contribution in [3.8, 4) is 0 Å². The van der Waals surface area contributed by atoms with Gasteiger partial charge in [0.15, 0.2) is 21.3 Å². The van der Waals surface area contributed by atoms with Gasteiger partial charge in [0.1, 0.15) is 5.70 Å². The number of nitrogens with zero attached hydrogens (tertiary/aromatic N) is 2. The molecule has 1 aromatic heterocycles. The number of sulfone groups is 1. The predicted molar refractivity (Wildman–Crippen MR) is 126 cm³/mol. The topological polar surface area (TPSA) is 93.6 Å². The summed E-state index contributed by atoms with van der Waals surface area (Å²) in [5.41, 5.74) is 1.99. The molecular formula is C26H20N2O5S. The van der Waals surface area contributed by atoms with Crippen molar-refractivity contribution >= 4 is 27.8 Å². The molecule has 0 radical (unpaired) electrons. The highest BCUT2D eigenvalue weighted by atomic mass is 32.2. The van der Waals surface area contributed by atoms with Crippen molar-refractivity contribution in [3.63, 3.8) is 0 Å². The average Bonchev–Trinajstić information content (AvgIpc) is 2.87. The van der Waals surface area contributed by atoms with Gasteiger partial charge in [-0.05, 0) is 35.4 Å². The van der Waals surface area contributed by atoms with Crippen molar-refractivity contribution in [1.82, 2.24) is 9.88 Å². The first kappa shape index (κ1) is 21.8. The number of rotatable bonds is 5. The Labute approximate surface area is 196 Å². The van der Waals surface area contributed by atoms with Crippen LogP contribution in [-0.4, -0.2) is 41.3 Å². The molecule has 3 heterocycles. The number of carbonyl (C=O) groups excluding carboxylic acids is 2. The number of hydrogen-bond acceptors (Lipinski definition) is 6. The average molecular weight is 473 g/mol. The SMILES string of the molecule is O=C(OC(c1ccccc1)c1ccccc1)C1=CCS(=O)(=O)[C@@H]2/C(=C\c3ccccn3)C(=O)N12. The maximum Gasteiger partial charge on any atom is 0.355 e. The number of β-lactam (4-membered cyclic amide) rings is 1. The summed E-state index contributed by atoms with van der Waals surface area (Å²) in [7, 11) is -3.70. The first-order valence-electron chi connectivity index (χ1n) is 10.6. The summed E-state index contributed by atoms with van der Waals surface area (Å²) in [6.07, 6.45) is 3.54. The molecule has 1 amide bonds. The summed E-state index contributed by atoms with van der Waals surface area (Å²) in [5.74, 6) is -1.69. The molecule has 2 aromatic carbocycles. The first-order valence-corrected chi connectivity index (χ1v) is 12.4. The summed E-state index contributed by atoms with van der Waals surface area (Å²) in [6, 6.07) is 23.6. The van der Waals surface area contributed by atoms with E-state index in [0.29, 0.717) is 5.69 Å². The van der Waals surface area contributed by atoms with E-state index in [0.717, 1.165) is 16.0 Å². The Balaban J connectivity index is 1.46. The highest BCUT2D eigenvalue weighted by Gasteiger charge is 2.55. The molecule has 0 saturated carbocycles. The Morgan fingerprint density at radius 3 is 2.18 bits per heavy atom. The Morgan fingerprint density at radius 2 is 1.59 bits per heavy atom. The number of esters is 1. The molecule has 0 spiro atoms. The van der Waals surface area contributed by atoms with Crippen LogP contribution in [0.3, 0.4) is 0 Å². The van der Waals surface area contributed by atoms with Crippen LogP contribution in [0.15, 0.2) is 102 Å². The minimum absolute atomic E-state index is 0.0696. The van der Waals surface area contributed by atoms with E-state index in [9.17, 15) is 18.0 Å². The summed E-state index contributed by atoms with van der Waals surface area (Å²) >= 11 is 0. The second kappa shape index (κ2) is 8.72. The lowest BCUT2D eigenvalue weighted by molar-refractivity contribution is -0.149. The van der Waals surface area contributed by atoms with Gasteiger partial charge in [0.25, 0.3) is 5.91 Å². The van der Waals surface area contributed by atoms with Gasteiger partial charge < -0.3 is 4.74 Å². The molecule has 0 bridgehead atoms. The summed E-state index contributed by atoms with van der Waals surface area (Å²) in [5, 5.41) is -1.23. The van der Waals surface area contributed by atoms with Crippen molar-refractivity contribution in [2.24, 2.45) is 0 Å². The number of carbonyl (C=O) groups is 2. The minimum atomic E-state index is -3.70. The zero-order valence-electron chi connectivity index (χ0n) is 17.9. The quantitative estimate of drug-likeness (QED) is 0.321. The van der Waals surface area contributed by atoms with Gasteiger partial charge in [0, 0.05) is 6.20 Å². The van der Waals surface area contributed by atoms with Crippen LogP contribution in [-0.2, 0) is 24.2 Å². The molecule has 0 aliphatic carbocycles. The van der Waals surface area contributed by atoms with E-state index >= 15 is 0 Å². The van der Waals surface area contributed by atoms with Crippen LogP contribution in [0, 0.1) is 0 Å². The van der Waals surface area contributed by atoms with E-state index in [1.807, 2.05) is 60.7 Å². The number of fused-ring (bicyclic) bond motifs is 1. The van der Waals surface area contributed by atoms with E-state index < -0.39 is 33.2 Å². The van der Waals surface area contributed by atoms with Gasteiger partial charge in [0.05, 0.1) is 17.0 Å². The molecule has 2 aliphatic rings. The molecule has 1 atom stereocenters. The van der Waals surface area contributed by atoms with Crippen molar-refractivity contribution in [1.29, 1.82) is 0 Å². The van der Waals surface area contributed by atoms with Crippen molar-refractivity contribution in [2.75, 3.05) is 5.75 Å². The maximum absolute atomic E-state index is 13.3. The van der Waals surface area contributed by atoms with Gasteiger partial charge in [-0.2, -0.15) is 0 Å². The van der Waals surface area contributed by atoms with Crippen LogP contribution < -0.4 is 0 Å². The van der Waals surface area contributed by atoms with E-state index in [1.54, 1.807) is 24.4 Å². The normalized spacial score (nSPS) is 19.9. The van der Waals surface area contributed by atoms with Gasteiger partial charge in [-0.15, -0.1) is 0 Å². The van der Waals surface area contributed by atoms with Gasteiger partial charge in [-0.3, -0.25) is 14.7 Å². The third kappa shape index (κ3) is 3.92. The van der Waals surface area contributed by atoms with E-state index in [4.69, 9.17) is 4.74 Å². The maximum atomic E-state index is 13.3. The van der Waals surface area contributed by atoms with E-state index in [1.165, 1.54) is 12.2 Å². The number of pyridine rings is 1. The van der Waals surface area contributed by atoms with E-state index in [-0.39, 0.29) is 17.0 Å². The molecule has 3 aromatic rings. The Kier molecular flexibility index (Phi) is 5.59. The fraction of sp³-hybridized carbons (Fsp3) is 0.115. The molecule has 1 fully saturated rings. The third-order valence-corrected chi connectivity index (χ3v) is 7.48. The first-order chi connectivity index (χ1) is 16.5. The Bertz CT molecular complexity index is 1360. The Morgan fingerprint density at radius 1 is 0.971 bits per heavy atom. The highest BCUT2D eigenvalue weighted by molar-refractivity contribution is 7.92. The van der Waals surface area contributed by atoms with Crippen LogP contribution in [0.25, 0.3) is 6.08 Å². The lowest BCUT2D eigenvalue weighted by atomic mass is 10.0. The number of aromatic nitrogens is 1. The van der Waals surface area contributed by atoms with Crippen LogP contribution in [0.2, 0.25) is 0 Å². The molecule has 5 rings (SSSR count). The zero-order valence-corrected chi connectivity index (χ0v) is 18.8. The monoisotopic (exact) mass is 472 g/mol. The molecule has 2 aliphatic heterocycles. The largest absolute Gasteiger partial charge is 0.448 e. The number of hydrogen-bond donors (Lipinski definition) is 0. The standard InChI is InChI=1S/C26H20N2O5S/c29-24-21(17-20-13-7-8-15-27-20)25-28(24)22(14-16-34(25,31)32)26(30)33-23(18-9-3-1-4-10-18)19-11-5-2-6-12-19/h1-15,17,23,25H,16H2/b21-17-/t25-/m1/s1. The molecular weight excluding hydrogens is 452 g/mol. The second-order valence-electron chi connectivity index (χ2n) is 7.91. The third-order valence-electron chi connectivity index (χ3n) is 5.70. The van der Waals surface area contributed by atoms with E-state index in [2.05, 4.69) is 4.98 Å². The van der Waals surface area contributed by atoms with Gasteiger partial charge >= 0.3 is 5.97 Å². The highest BCUT2D eigenvalue weighted by Crippen LogP contribution is 2.39. The number of ether oxygens (including phenoxy) is 1. The summed E-state index contributed by atoms with van der Waals surface area (Å²) in [6.45, 7) is 0. The second-order valence-corrected chi connectivity index (χ2v) is 10.0. The van der Waals surface area contributed by atoms with Crippen molar-refractivity contribution in [2.45, 2.75) is 11.5 Å². The van der Waals surface area contributed by atoms with Crippen LogP contribution >= 0.6 is 0 Å².